The quantitative estimate of drug-likeness (QED) is 0.758. The van der Waals surface area contributed by atoms with Gasteiger partial charge in [0.05, 0.1) is 6.10 Å². The van der Waals surface area contributed by atoms with Gasteiger partial charge in [0, 0.05) is 45.8 Å². The van der Waals surface area contributed by atoms with Crippen molar-refractivity contribution in [1.82, 2.24) is 13.9 Å². The minimum atomic E-state index is -3.46. The van der Waals surface area contributed by atoms with E-state index in [0.29, 0.717) is 38.6 Å². The summed E-state index contributed by atoms with van der Waals surface area (Å²) in [5.74, 6) is 0.274. The smallest absolute Gasteiger partial charge is 0.279 e. The zero-order valence-corrected chi connectivity index (χ0v) is 15.3. The molecule has 1 N–H and O–H groups in total. The molecule has 3 aliphatic rings. The number of ether oxygens (including phenoxy) is 1. The van der Waals surface area contributed by atoms with Crippen LogP contribution in [-0.4, -0.2) is 69.0 Å². The largest absolute Gasteiger partial charge is 0.381 e. The van der Waals surface area contributed by atoms with Crippen LogP contribution in [0.1, 0.15) is 44.9 Å². The molecule has 2 heterocycles. The van der Waals surface area contributed by atoms with E-state index in [1.165, 1.54) is 17.1 Å². The van der Waals surface area contributed by atoms with Crippen molar-refractivity contribution in [3.05, 3.63) is 0 Å². The summed E-state index contributed by atoms with van der Waals surface area (Å²) >= 11 is 0. The fourth-order valence-electron chi connectivity index (χ4n) is 4.14. The molecule has 0 aromatic rings. The minimum absolute atomic E-state index is 0.0874. The van der Waals surface area contributed by atoms with Crippen LogP contribution in [0, 0.1) is 5.92 Å². The first kappa shape index (κ1) is 18.1. The molecule has 2 aliphatic heterocycles. The summed E-state index contributed by atoms with van der Waals surface area (Å²) in [7, 11) is -1.79. The molecule has 0 aromatic carbocycles. The van der Waals surface area contributed by atoms with Crippen molar-refractivity contribution < 1.29 is 17.9 Å². The van der Waals surface area contributed by atoms with Gasteiger partial charge in [-0.3, -0.25) is 4.79 Å². The van der Waals surface area contributed by atoms with E-state index in [-0.39, 0.29) is 17.9 Å². The summed E-state index contributed by atoms with van der Waals surface area (Å²) in [4.78, 5) is 14.2. The highest BCUT2D eigenvalue weighted by molar-refractivity contribution is 7.87. The zero-order chi connectivity index (χ0) is 17.2. The van der Waals surface area contributed by atoms with Gasteiger partial charge >= 0.3 is 0 Å². The number of amides is 1. The van der Waals surface area contributed by atoms with Crippen molar-refractivity contribution in [1.29, 1.82) is 0 Å². The Bertz CT molecular complexity index is 540. The van der Waals surface area contributed by atoms with Gasteiger partial charge in [-0.05, 0) is 31.6 Å². The Morgan fingerprint density at radius 1 is 1.17 bits per heavy atom. The Morgan fingerprint density at radius 2 is 1.83 bits per heavy atom. The fraction of sp³-hybridized carbons (Fsp3) is 0.938. The molecule has 1 amide bonds. The lowest BCUT2D eigenvalue weighted by atomic mass is 10.1. The molecule has 138 valence electrons. The molecule has 1 saturated carbocycles. The minimum Gasteiger partial charge on any atom is -0.381 e. The van der Waals surface area contributed by atoms with Gasteiger partial charge in [-0.25, -0.2) is 4.72 Å². The van der Waals surface area contributed by atoms with E-state index in [9.17, 15) is 13.2 Å². The molecule has 0 spiro atoms. The Balaban J connectivity index is 1.47. The molecule has 8 heteroatoms. The van der Waals surface area contributed by atoms with Gasteiger partial charge in [-0.1, -0.05) is 12.8 Å². The first-order chi connectivity index (χ1) is 11.5. The van der Waals surface area contributed by atoms with Crippen molar-refractivity contribution in [2.75, 3.05) is 33.3 Å². The maximum Gasteiger partial charge on any atom is 0.279 e. The topological polar surface area (TPSA) is 79.0 Å². The summed E-state index contributed by atoms with van der Waals surface area (Å²) < 4.78 is 34.4. The lowest BCUT2D eigenvalue weighted by Crippen LogP contribution is -2.47. The van der Waals surface area contributed by atoms with Crippen LogP contribution in [0.3, 0.4) is 0 Å². The van der Waals surface area contributed by atoms with Crippen LogP contribution in [0.25, 0.3) is 0 Å². The van der Waals surface area contributed by atoms with E-state index < -0.39 is 10.2 Å². The van der Waals surface area contributed by atoms with Crippen molar-refractivity contribution in [2.24, 2.45) is 5.92 Å². The van der Waals surface area contributed by atoms with E-state index in [1.54, 1.807) is 7.11 Å². The monoisotopic (exact) mass is 359 g/mol. The number of likely N-dealkylation sites (tertiary alicyclic amines) is 1. The van der Waals surface area contributed by atoms with Gasteiger partial charge in [0.15, 0.2) is 0 Å². The highest BCUT2D eigenvalue weighted by Crippen LogP contribution is 2.29. The van der Waals surface area contributed by atoms with Gasteiger partial charge in [0.1, 0.15) is 0 Å². The average molecular weight is 359 g/mol. The Labute approximate surface area is 144 Å². The fourth-order valence-corrected chi connectivity index (χ4v) is 5.46. The molecule has 0 unspecified atom stereocenters. The number of carbonyl (C=O) groups excluding carboxylic acids is 1. The normalized spacial score (nSPS) is 28.1. The number of piperidine rings is 1. The third kappa shape index (κ3) is 4.09. The van der Waals surface area contributed by atoms with E-state index in [0.717, 1.165) is 25.7 Å². The molecule has 3 fully saturated rings. The second kappa shape index (κ2) is 7.68. The van der Waals surface area contributed by atoms with Crippen LogP contribution in [0.15, 0.2) is 0 Å². The van der Waals surface area contributed by atoms with Gasteiger partial charge in [0.25, 0.3) is 10.2 Å². The molecule has 7 nitrogen and oxygen atoms in total. The van der Waals surface area contributed by atoms with Crippen LogP contribution in [-0.2, 0) is 19.7 Å². The van der Waals surface area contributed by atoms with Crippen molar-refractivity contribution in [3.8, 4) is 0 Å². The van der Waals surface area contributed by atoms with Crippen molar-refractivity contribution >= 4 is 16.1 Å². The molecule has 1 aliphatic carbocycles. The summed E-state index contributed by atoms with van der Waals surface area (Å²) in [6.45, 7) is 2.02. The van der Waals surface area contributed by atoms with Gasteiger partial charge < -0.3 is 9.64 Å². The highest BCUT2D eigenvalue weighted by Gasteiger charge is 2.36. The molecule has 0 radical (unpaired) electrons. The van der Waals surface area contributed by atoms with E-state index in [1.807, 2.05) is 4.90 Å². The zero-order valence-electron chi connectivity index (χ0n) is 14.4. The number of methoxy groups -OCH3 is 1. The van der Waals surface area contributed by atoms with Gasteiger partial charge in [-0.2, -0.15) is 12.7 Å². The SMILES string of the molecule is COC1CCN(S(=O)(=O)NC[C@@H]2CC(=O)N(C3CCCC3)C2)CC1. The molecular formula is C16H29N3O4S. The average Bonchev–Trinajstić information content (AvgIpc) is 3.22. The van der Waals surface area contributed by atoms with Gasteiger partial charge in [-0.15, -0.1) is 0 Å². The van der Waals surface area contributed by atoms with Crippen molar-refractivity contribution in [3.63, 3.8) is 0 Å². The number of carbonyl (C=O) groups is 1. The van der Waals surface area contributed by atoms with E-state index in [4.69, 9.17) is 4.74 Å². The molecular weight excluding hydrogens is 330 g/mol. The summed E-state index contributed by atoms with van der Waals surface area (Å²) in [6.07, 6.45) is 6.67. The van der Waals surface area contributed by atoms with Crippen molar-refractivity contribution in [2.45, 2.75) is 57.1 Å². The standard InChI is InChI=1S/C16H29N3O4S/c1-23-15-6-8-18(9-7-15)24(21,22)17-11-13-10-16(20)19(12-13)14-4-2-3-5-14/h13-15,17H,2-12H2,1H3/t13-/m0/s1. The van der Waals surface area contributed by atoms with Crippen LogP contribution in [0.2, 0.25) is 0 Å². The van der Waals surface area contributed by atoms with Crippen LogP contribution >= 0.6 is 0 Å². The summed E-state index contributed by atoms with van der Waals surface area (Å²) in [5, 5.41) is 0. The summed E-state index contributed by atoms with van der Waals surface area (Å²) in [6, 6.07) is 0.382. The second-order valence-corrected chi connectivity index (χ2v) is 9.00. The number of hydrogen-bond donors (Lipinski definition) is 1. The Kier molecular flexibility index (Phi) is 5.79. The van der Waals surface area contributed by atoms with Crippen LogP contribution in [0.5, 0.6) is 0 Å². The molecule has 3 rings (SSSR count). The maximum absolute atomic E-state index is 12.4. The van der Waals surface area contributed by atoms with E-state index >= 15 is 0 Å². The number of nitrogens with one attached hydrogen (secondary N) is 1. The van der Waals surface area contributed by atoms with Gasteiger partial charge in [0.2, 0.25) is 5.91 Å². The molecule has 1 atom stereocenters. The third-order valence-corrected chi connectivity index (χ3v) is 7.21. The lowest BCUT2D eigenvalue weighted by molar-refractivity contribution is -0.129. The summed E-state index contributed by atoms with van der Waals surface area (Å²) in [5.41, 5.74) is 0. The Morgan fingerprint density at radius 3 is 2.46 bits per heavy atom. The Hall–Kier alpha value is -0.700. The van der Waals surface area contributed by atoms with Crippen LogP contribution in [0.4, 0.5) is 0 Å². The third-order valence-electron chi connectivity index (χ3n) is 5.63. The predicted molar refractivity (Wildman–Crippen MR) is 90.6 cm³/mol. The second-order valence-electron chi connectivity index (χ2n) is 7.24. The number of rotatable bonds is 6. The highest BCUT2D eigenvalue weighted by atomic mass is 32.2. The molecule has 0 bridgehead atoms. The molecule has 2 saturated heterocycles. The number of nitrogens with zero attached hydrogens (tertiary/aromatic N) is 2. The van der Waals surface area contributed by atoms with Crippen LogP contribution < -0.4 is 4.72 Å². The lowest BCUT2D eigenvalue weighted by Gasteiger charge is -2.30. The first-order valence-corrected chi connectivity index (χ1v) is 10.5. The molecule has 0 aromatic heterocycles. The predicted octanol–water partition coefficient (Wildman–Crippen LogP) is 0.723. The van der Waals surface area contributed by atoms with E-state index in [2.05, 4.69) is 4.72 Å². The molecule has 24 heavy (non-hydrogen) atoms. The first-order valence-electron chi connectivity index (χ1n) is 9.06. The maximum atomic E-state index is 12.4. The number of hydrogen-bond acceptors (Lipinski definition) is 4.